The number of nitrogens with one attached hydrogen (secondary N) is 1. The first-order valence-corrected chi connectivity index (χ1v) is 9.25. The molecule has 3 N–H and O–H groups in total. The topological polar surface area (TPSA) is 88.3 Å². The van der Waals surface area contributed by atoms with E-state index >= 15 is 0 Å². The number of carbonyl (C=O) groups excluding carboxylic acids is 2. The zero-order valence-electron chi connectivity index (χ0n) is 14.9. The number of likely N-dealkylation sites (tertiary alicyclic amines) is 1. The molecule has 1 aromatic rings. The number of nitrogens with two attached hydrogens (primary N) is 1. The molecule has 0 aliphatic carbocycles. The molecule has 0 saturated carbocycles. The fourth-order valence-electron chi connectivity index (χ4n) is 3.29. The van der Waals surface area contributed by atoms with Crippen LogP contribution in [0, 0.1) is 11.3 Å². The van der Waals surface area contributed by atoms with Crippen molar-refractivity contribution in [3.05, 3.63) is 23.4 Å². The van der Waals surface area contributed by atoms with Gasteiger partial charge in [-0.25, -0.2) is 4.98 Å². The molecule has 7 heteroatoms. The molecule has 1 aliphatic rings. The van der Waals surface area contributed by atoms with Crippen LogP contribution in [0.4, 0.5) is 5.82 Å². The summed E-state index contributed by atoms with van der Waals surface area (Å²) < 4.78 is 0. The molecule has 0 atom stereocenters. The van der Waals surface area contributed by atoms with E-state index in [-0.39, 0.29) is 17.7 Å². The van der Waals surface area contributed by atoms with Crippen molar-refractivity contribution in [2.45, 2.75) is 39.5 Å². The van der Waals surface area contributed by atoms with Crippen molar-refractivity contribution in [1.29, 1.82) is 0 Å². The van der Waals surface area contributed by atoms with Crippen LogP contribution in [0.1, 0.15) is 39.5 Å². The average molecular weight is 367 g/mol. The molecule has 0 bridgehead atoms. The number of aromatic nitrogens is 1. The summed E-state index contributed by atoms with van der Waals surface area (Å²) in [5.41, 5.74) is 5.41. The number of rotatable bonds is 6. The first-order chi connectivity index (χ1) is 12.0. The van der Waals surface area contributed by atoms with E-state index in [4.69, 9.17) is 17.3 Å². The van der Waals surface area contributed by atoms with Crippen LogP contribution in [0.2, 0.25) is 5.02 Å². The molecule has 0 unspecified atom stereocenters. The van der Waals surface area contributed by atoms with E-state index in [1.54, 1.807) is 12.1 Å². The van der Waals surface area contributed by atoms with Crippen molar-refractivity contribution in [3.63, 3.8) is 0 Å². The number of carbonyl (C=O) groups is 2. The second kappa shape index (κ2) is 8.63. The Morgan fingerprint density at radius 2 is 1.96 bits per heavy atom. The number of piperidine rings is 1. The van der Waals surface area contributed by atoms with Gasteiger partial charge < -0.3 is 16.0 Å². The predicted molar refractivity (Wildman–Crippen MR) is 99.3 cm³/mol. The monoisotopic (exact) mass is 366 g/mol. The van der Waals surface area contributed by atoms with Gasteiger partial charge in [0.25, 0.3) is 0 Å². The molecule has 6 nitrogen and oxygen atoms in total. The molecule has 25 heavy (non-hydrogen) atoms. The smallest absolute Gasteiger partial charge is 0.230 e. The Labute approximate surface area is 154 Å². The van der Waals surface area contributed by atoms with Gasteiger partial charge in [0.1, 0.15) is 5.82 Å². The number of halogens is 1. The van der Waals surface area contributed by atoms with Gasteiger partial charge in [-0.15, -0.1) is 0 Å². The van der Waals surface area contributed by atoms with E-state index in [2.05, 4.69) is 10.3 Å². The van der Waals surface area contributed by atoms with E-state index in [0.717, 1.165) is 12.8 Å². The quantitative estimate of drug-likeness (QED) is 0.810. The zero-order valence-corrected chi connectivity index (χ0v) is 15.7. The number of nitrogens with zero attached hydrogens (tertiary/aromatic N) is 2. The molecule has 1 fully saturated rings. The van der Waals surface area contributed by atoms with Crippen molar-refractivity contribution in [2.24, 2.45) is 17.1 Å². The van der Waals surface area contributed by atoms with Gasteiger partial charge in [-0.05, 0) is 37.8 Å². The Morgan fingerprint density at radius 1 is 1.32 bits per heavy atom. The Balaban J connectivity index is 1.91. The van der Waals surface area contributed by atoms with Crippen LogP contribution in [0.25, 0.3) is 0 Å². The first kappa shape index (κ1) is 19.7. The van der Waals surface area contributed by atoms with Crippen LogP contribution in [0.5, 0.6) is 0 Å². The van der Waals surface area contributed by atoms with Gasteiger partial charge in [-0.1, -0.05) is 25.4 Å². The third-order valence-electron chi connectivity index (χ3n) is 5.33. The Hall–Kier alpha value is -1.66. The highest BCUT2D eigenvalue weighted by Crippen LogP contribution is 2.30. The molecule has 1 aromatic heterocycles. The SMILES string of the molecule is CCC(CC)(CN)C(=O)N1CCC(C(=O)Nc2ccc(Cl)cn2)CC1. The Bertz CT molecular complexity index is 585. The molecule has 1 saturated heterocycles. The van der Waals surface area contributed by atoms with E-state index in [1.807, 2.05) is 18.7 Å². The molecule has 2 heterocycles. The number of anilines is 1. The van der Waals surface area contributed by atoms with E-state index in [0.29, 0.717) is 43.3 Å². The maximum absolute atomic E-state index is 12.8. The van der Waals surface area contributed by atoms with E-state index < -0.39 is 5.41 Å². The van der Waals surface area contributed by atoms with Crippen LogP contribution in [-0.2, 0) is 9.59 Å². The van der Waals surface area contributed by atoms with Crippen LogP contribution in [-0.4, -0.2) is 41.3 Å². The summed E-state index contributed by atoms with van der Waals surface area (Å²) in [7, 11) is 0. The zero-order chi connectivity index (χ0) is 18.4. The van der Waals surface area contributed by atoms with Gasteiger partial charge in [-0.3, -0.25) is 9.59 Å². The lowest BCUT2D eigenvalue weighted by molar-refractivity contribution is -0.144. The van der Waals surface area contributed by atoms with Crippen molar-refractivity contribution >= 4 is 29.2 Å². The lowest BCUT2D eigenvalue weighted by Gasteiger charge is -2.38. The van der Waals surface area contributed by atoms with Gasteiger partial charge in [-0.2, -0.15) is 0 Å². The maximum atomic E-state index is 12.8. The number of hydrogen-bond acceptors (Lipinski definition) is 4. The van der Waals surface area contributed by atoms with Crippen molar-refractivity contribution in [2.75, 3.05) is 25.0 Å². The summed E-state index contributed by atoms with van der Waals surface area (Å²) >= 11 is 5.79. The Morgan fingerprint density at radius 3 is 2.44 bits per heavy atom. The molecule has 2 rings (SSSR count). The summed E-state index contributed by atoms with van der Waals surface area (Å²) in [4.78, 5) is 31.2. The molecule has 1 aliphatic heterocycles. The molecule has 2 amide bonds. The van der Waals surface area contributed by atoms with E-state index in [9.17, 15) is 9.59 Å². The third-order valence-corrected chi connectivity index (χ3v) is 5.55. The van der Waals surface area contributed by atoms with Crippen LogP contribution in [0.3, 0.4) is 0 Å². The predicted octanol–water partition coefficient (Wildman–Crippen LogP) is 2.68. The van der Waals surface area contributed by atoms with Crippen molar-refractivity contribution in [1.82, 2.24) is 9.88 Å². The minimum Gasteiger partial charge on any atom is -0.342 e. The molecular weight excluding hydrogens is 340 g/mol. The number of pyridine rings is 1. The van der Waals surface area contributed by atoms with Gasteiger partial charge in [0.2, 0.25) is 11.8 Å². The summed E-state index contributed by atoms with van der Waals surface area (Å²) in [6.45, 7) is 5.56. The Kier molecular flexibility index (Phi) is 6.79. The largest absolute Gasteiger partial charge is 0.342 e. The second-order valence-electron chi connectivity index (χ2n) is 6.61. The maximum Gasteiger partial charge on any atom is 0.230 e. The highest BCUT2D eigenvalue weighted by atomic mass is 35.5. The minimum atomic E-state index is -0.470. The molecular formula is C18H27ClN4O2. The summed E-state index contributed by atoms with van der Waals surface area (Å²) in [6.07, 6.45) is 4.28. The summed E-state index contributed by atoms with van der Waals surface area (Å²) in [5, 5.41) is 3.34. The normalized spacial score (nSPS) is 15.9. The van der Waals surface area contributed by atoms with Crippen LogP contribution in [0.15, 0.2) is 18.3 Å². The fraction of sp³-hybridized carbons (Fsp3) is 0.611. The molecule has 138 valence electrons. The lowest BCUT2D eigenvalue weighted by Crippen LogP contribution is -2.50. The number of hydrogen-bond donors (Lipinski definition) is 2. The standard InChI is InChI=1S/C18H27ClN4O2/c1-3-18(4-2,12-20)17(25)23-9-7-13(8-10-23)16(24)22-15-6-5-14(19)11-21-15/h5-6,11,13H,3-4,7-10,12,20H2,1-2H3,(H,21,22,24). The highest BCUT2D eigenvalue weighted by Gasteiger charge is 2.38. The molecule has 0 aromatic carbocycles. The van der Waals surface area contributed by atoms with Gasteiger partial charge in [0, 0.05) is 31.7 Å². The summed E-state index contributed by atoms with van der Waals surface area (Å²) in [5.74, 6) is 0.445. The second-order valence-corrected chi connectivity index (χ2v) is 7.05. The fourth-order valence-corrected chi connectivity index (χ4v) is 3.40. The minimum absolute atomic E-state index is 0.0574. The van der Waals surface area contributed by atoms with Crippen LogP contribution < -0.4 is 11.1 Å². The van der Waals surface area contributed by atoms with E-state index in [1.165, 1.54) is 6.20 Å². The van der Waals surface area contributed by atoms with Crippen LogP contribution >= 0.6 is 11.6 Å². The van der Waals surface area contributed by atoms with Crippen molar-refractivity contribution < 1.29 is 9.59 Å². The van der Waals surface area contributed by atoms with Gasteiger partial charge in [0.15, 0.2) is 0 Å². The van der Waals surface area contributed by atoms with Gasteiger partial charge >= 0.3 is 0 Å². The molecule has 0 radical (unpaired) electrons. The summed E-state index contributed by atoms with van der Waals surface area (Å²) in [6, 6.07) is 3.37. The lowest BCUT2D eigenvalue weighted by atomic mass is 9.80. The number of amides is 2. The first-order valence-electron chi connectivity index (χ1n) is 8.87. The average Bonchev–Trinajstić information content (AvgIpc) is 2.65. The van der Waals surface area contributed by atoms with Crippen molar-refractivity contribution in [3.8, 4) is 0 Å². The van der Waals surface area contributed by atoms with Gasteiger partial charge in [0.05, 0.1) is 10.4 Å². The third kappa shape index (κ3) is 4.50. The highest BCUT2D eigenvalue weighted by molar-refractivity contribution is 6.30. The molecule has 0 spiro atoms.